The molecular formula is C15H22N2O2. The van der Waals surface area contributed by atoms with Gasteiger partial charge < -0.3 is 15.7 Å². The SMILES string of the molecule is Cc1cccc(C(=O)NC(C)C2CCCCN2)c1O. The summed E-state index contributed by atoms with van der Waals surface area (Å²) < 4.78 is 0. The largest absolute Gasteiger partial charge is 0.507 e. The van der Waals surface area contributed by atoms with Crippen LogP contribution in [-0.2, 0) is 0 Å². The predicted octanol–water partition coefficient (Wildman–Crippen LogP) is 1.96. The average molecular weight is 262 g/mol. The third-order valence-electron chi connectivity index (χ3n) is 3.79. The van der Waals surface area contributed by atoms with Crippen molar-refractivity contribution in [1.82, 2.24) is 10.6 Å². The van der Waals surface area contributed by atoms with E-state index in [1.54, 1.807) is 25.1 Å². The molecule has 4 heteroatoms. The summed E-state index contributed by atoms with van der Waals surface area (Å²) in [5.41, 5.74) is 1.07. The highest BCUT2D eigenvalue weighted by Crippen LogP contribution is 2.21. The van der Waals surface area contributed by atoms with Crippen LogP contribution in [0.3, 0.4) is 0 Å². The Bertz CT molecular complexity index is 453. The van der Waals surface area contributed by atoms with Crippen molar-refractivity contribution in [2.75, 3.05) is 6.54 Å². The molecule has 3 N–H and O–H groups in total. The molecule has 1 aromatic rings. The van der Waals surface area contributed by atoms with Gasteiger partial charge in [0.1, 0.15) is 5.75 Å². The van der Waals surface area contributed by atoms with Crippen molar-refractivity contribution in [2.24, 2.45) is 0 Å². The van der Waals surface area contributed by atoms with Gasteiger partial charge in [-0.1, -0.05) is 18.6 Å². The summed E-state index contributed by atoms with van der Waals surface area (Å²) in [6.07, 6.45) is 3.49. The third-order valence-corrected chi connectivity index (χ3v) is 3.79. The second kappa shape index (κ2) is 6.06. The van der Waals surface area contributed by atoms with E-state index >= 15 is 0 Å². The number of aryl methyl sites for hydroxylation is 1. The maximum atomic E-state index is 12.2. The number of hydrogen-bond donors (Lipinski definition) is 3. The van der Waals surface area contributed by atoms with Crippen molar-refractivity contribution in [3.8, 4) is 5.75 Å². The van der Waals surface area contributed by atoms with Gasteiger partial charge in [-0.25, -0.2) is 0 Å². The Balaban J connectivity index is 2.02. The number of aromatic hydroxyl groups is 1. The van der Waals surface area contributed by atoms with E-state index in [1.807, 2.05) is 6.92 Å². The van der Waals surface area contributed by atoms with Crippen molar-refractivity contribution in [3.63, 3.8) is 0 Å². The molecule has 19 heavy (non-hydrogen) atoms. The van der Waals surface area contributed by atoms with E-state index in [0.29, 0.717) is 11.6 Å². The van der Waals surface area contributed by atoms with Gasteiger partial charge in [0.05, 0.1) is 5.56 Å². The normalized spacial score (nSPS) is 20.8. The summed E-state index contributed by atoms with van der Waals surface area (Å²) >= 11 is 0. The Morgan fingerprint density at radius 1 is 1.47 bits per heavy atom. The number of para-hydroxylation sites is 1. The van der Waals surface area contributed by atoms with E-state index in [0.717, 1.165) is 18.5 Å². The second-order valence-electron chi connectivity index (χ2n) is 5.29. The predicted molar refractivity (Wildman–Crippen MR) is 75.4 cm³/mol. The van der Waals surface area contributed by atoms with Gasteiger partial charge in [-0.2, -0.15) is 0 Å². The van der Waals surface area contributed by atoms with Crippen LogP contribution < -0.4 is 10.6 Å². The minimum absolute atomic E-state index is 0.0627. The maximum absolute atomic E-state index is 12.2. The van der Waals surface area contributed by atoms with Crippen molar-refractivity contribution >= 4 is 5.91 Å². The Kier molecular flexibility index (Phi) is 4.43. The van der Waals surface area contributed by atoms with Crippen molar-refractivity contribution in [2.45, 2.75) is 45.2 Å². The van der Waals surface area contributed by atoms with Crippen LogP contribution in [0.4, 0.5) is 0 Å². The first-order valence-corrected chi connectivity index (χ1v) is 6.92. The van der Waals surface area contributed by atoms with E-state index in [9.17, 15) is 9.90 Å². The lowest BCUT2D eigenvalue weighted by Crippen LogP contribution is -2.50. The number of nitrogens with one attached hydrogen (secondary N) is 2. The summed E-state index contributed by atoms with van der Waals surface area (Å²) in [6, 6.07) is 5.61. The summed E-state index contributed by atoms with van der Waals surface area (Å²) in [6.45, 7) is 4.81. The van der Waals surface area contributed by atoms with Crippen LogP contribution in [0.15, 0.2) is 18.2 Å². The first-order valence-electron chi connectivity index (χ1n) is 6.92. The summed E-state index contributed by atoms with van der Waals surface area (Å²) in [5.74, 6) is -0.134. The number of carbonyl (C=O) groups excluding carboxylic acids is 1. The molecule has 1 aliphatic rings. The highest BCUT2D eigenvalue weighted by Gasteiger charge is 2.22. The first kappa shape index (κ1) is 13.9. The van der Waals surface area contributed by atoms with Crippen LogP contribution in [0, 0.1) is 6.92 Å². The number of amides is 1. The molecular weight excluding hydrogens is 240 g/mol. The van der Waals surface area contributed by atoms with Gasteiger partial charge in [-0.05, 0) is 44.9 Å². The Labute approximate surface area is 114 Å². The van der Waals surface area contributed by atoms with Crippen LogP contribution in [0.2, 0.25) is 0 Å². The minimum Gasteiger partial charge on any atom is -0.507 e. The number of phenols is 1. The molecule has 104 valence electrons. The molecule has 0 saturated carbocycles. The zero-order chi connectivity index (χ0) is 13.8. The number of rotatable bonds is 3. The fourth-order valence-corrected chi connectivity index (χ4v) is 2.53. The smallest absolute Gasteiger partial charge is 0.255 e. The van der Waals surface area contributed by atoms with Crippen LogP contribution in [0.1, 0.15) is 42.1 Å². The monoisotopic (exact) mass is 262 g/mol. The Morgan fingerprint density at radius 2 is 2.26 bits per heavy atom. The minimum atomic E-state index is -0.207. The molecule has 2 unspecified atom stereocenters. The maximum Gasteiger partial charge on any atom is 0.255 e. The molecule has 1 amide bonds. The zero-order valence-electron chi connectivity index (χ0n) is 11.6. The molecule has 1 fully saturated rings. The quantitative estimate of drug-likeness (QED) is 0.780. The number of phenolic OH excluding ortho intramolecular Hbond substituents is 1. The van der Waals surface area contributed by atoms with Crippen LogP contribution in [0.5, 0.6) is 5.75 Å². The van der Waals surface area contributed by atoms with Crippen molar-refractivity contribution in [1.29, 1.82) is 0 Å². The highest BCUT2D eigenvalue weighted by molar-refractivity contribution is 5.97. The molecule has 1 heterocycles. The van der Waals surface area contributed by atoms with Crippen LogP contribution >= 0.6 is 0 Å². The van der Waals surface area contributed by atoms with Gasteiger partial charge in [0.15, 0.2) is 0 Å². The Hall–Kier alpha value is -1.55. The number of hydrogen-bond acceptors (Lipinski definition) is 3. The zero-order valence-corrected chi connectivity index (χ0v) is 11.6. The molecule has 2 rings (SSSR count). The van der Waals surface area contributed by atoms with Gasteiger partial charge in [-0.3, -0.25) is 4.79 Å². The molecule has 4 nitrogen and oxygen atoms in total. The second-order valence-corrected chi connectivity index (χ2v) is 5.29. The lowest BCUT2D eigenvalue weighted by molar-refractivity contribution is 0.0925. The molecule has 2 atom stereocenters. The molecule has 0 aliphatic carbocycles. The highest BCUT2D eigenvalue weighted by atomic mass is 16.3. The van der Waals surface area contributed by atoms with Gasteiger partial charge >= 0.3 is 0 Å². The van der Waals surface area contributed by atoms with Crippen molar-refractivity contribution in [3.05, 3.63) is 29.3 Å². The third kappa shape index (κ3) is 3.26. The molecule has 1 aromatic carbocycles. The topological polar surface area (TPSA) is 61.4 Å². The molecule has 0 bridgehead atoms. The molecule has 0 radical (unpaired) electrons. The standard InChI is InChI=1S/C15H22N2O2/c1-10-6-5-7-12(14(10)18)15(19)17-11(2)13-8-3-4-9-16-13/h5-7,11,13,16,18H,3-4,8-9H2,1-2H3,(H,17,19). The average Bonchev–Trinajstić information content (AvgIpc) is 2.42. The van der Waals surface area contributed by atoms with Gasteiger partial charge in [-0.15, -0.1) is 0 Å². The number of benzene rings is 1. The number of carbonyl (C=O) groups is 1. The fourth-order valence-electron chi connectivity index (χ4n) is 2.53. The molecule has 1 saturated heterocycles. The summed E-state index contributed by atoms with van der Waals surface area (Å²) in [7, 11) is 0. The number of piperidine rings is 1. The van der Waals surface area contributed by atoms with E-state index < -0.39 is 0 Å². The molecule has 0 spiro atoms. The van der Waals surface area contributed by atoms with Gasteiger partial charge in [0.25, 0.3) is 5.91 Å². The summed E-state index contributed by atoms with van der Waals surface area (Å²) in [4.78, 5) is 12.2. The molecule has 1 aliphatic heterocycles. The van der Waals surface area contributed by atoms with Crippen molar-refractivity contribution < 1.29 is 9.90 Å². The Morgan fingerprint density at radius 3 is 2.95 bits per heavy atom. The van der Waals surface area contributed by atoms with E-state index in [1.165, 1.54) is 12.8 Å². The van der Waals surface area contributed by atoms with Gasteiger partial charge in [0, 0.05) is 12.1 Å². The first-order chi connectivity index (χ1) is 9.09. The lowest BCUT2D eigenvalue weighted by Gasteiger charge is -2.29. The van der Waals surface area contributed by atoms with Crippen LogP contribution in [0.25, 0.3) is 0 Å². The van der Waals surface area contributed by atoms with Gasteiger partial charge in [0.2, 0.25) is 0 Å². The fraction of sp³-hybridized carbons (Fsp3) is 0.533. The van der Waals surface area contributed by atoms with E-state index in [-0.39, 0.29) is 17.7 Å². The lowest BCUT2D eigenvalue weighted by atomic mass is 9.98. The van der Waals surface area contributed by atoms with Crippen LogP contribution in [-0.4, -0.2) is 29.6 Å². The molecule has 0 aromatic heterocycles. The van der Waals surface area contributed by atoms with E-state index in [2.05, 4.69) is 10.6 Å². The van der Waals surface area contributed by atoms with E-state index in [4.69, 9.17) is 0 Å². The summed E-state index contributed by atoms with van der Waals surface area (Å²) in [5, 5.41) is 16.3.